The van der Waals surface area contributed by atoms with E-state index >= 15 is 0 Å². The Morgan fingerprint density at radius 1 is 0.824 bits per heavy atom. The van der Waals surface area contributed by atoms with E-state index in [1.165, 1.54) is 16.2 Å². The Balaban J connectivity index is 2.38. The van der Waals surface area contributed by atoms with E-state index in [1.54, 1.807) is 12.4 Å². The highest BCUT2D eigenvalue weighted by Gasteiger charge is 2.09. The molecular formula is C15H9NO. The minimum absolute atomic E-state index is 0.846. The molecule has 2 aromatic carbocycles. The molecule has 0 N–H and O–H groups in total. The van der Waals surface area contributed by atoms with E-state index in [-0.39, 0.29) is 0 Å². The van der Waals surface area contributed by atoms with Gasteiger partial charge in [0.25, 0.3) is 0 Å². The predicted molar refractivity (Wildman–Crippen MR) is 69.0 cm³/mol. The van der Waals surface area contributed by atoms with Gasteiger partial charge >= 0.3 is 0 Å². The Labute approximate surface area is 97.5 Å². The minimum Gasteiger partial charge on any atom is -0.454 e. The summed E-state index contributed by atoms with van der Waals surface area (Å²) in [5, 5.41) is 4.78. The fourth-order valence-electron chi connectivity index (χ4n) is 2.40. The maximum absolute atomic E-state index is 5.80. The number of aromatic nitrogens is 1. The molecule has 0 fully saturated rings. The largest absolute Gasteiger partial charge is 0.454 e. The lowest BCUT2D eigenvalue weighted by atomic mass is 10.0. The number of fused-ring (bicyclic) bond motifs is 5. The number of rotatable bonds is 0. The fourth-order valence-corrected chi connectivity index (χ4v) is 2.40. The summed E-state index contributed by atoms with van der Waals surface area (Å²) in [5.41, 5.74) is 1.77. The Morgan fingerprint density at radius 3 is 2.76 bits per heavy atom. The van der Waals surface area contributed by atoms with E-state index in [0.717, 1.165) is 16.6 Å². The second-order valence-electron chi connectivity index (χ2n) is 4.13. The zero-order chi connectivity index (χ0) is 11.2. The number of hydrogen-bond donors (Lipinski definition) is 0. The second kappa shape index (κ2) is 3.08. The van der Waals surface area contributed by atoms with Crippen LogP contribution >= 0.6 is 0 Å². The van der Waals surface area contributed by atoms with E-state index in [1.807, 2.05) is 12.1 Å². The molecule has 4 rings (SSSR count). The molecule has 2 heteroatoms. The van der Waals surface area contributed by atoms with Crippen LogP contribution in [0.2, 0.25) is 0 Å². The summed E-state index contributed by atoms with van der Waals surface area (Å²) in [6.45, 7) is 0. The van der Waals surface area contributed by atoms with Crippen molar-refractivity contribution in [3.8, 4) is 0 Å². The van der Waals surface area contributed by atoms with E-state index in [4.69, 9.17) is 4.42 Å². The van der Waals surface area contributed by atoms with Crippen LogP contribution in [0, 0.1) is 0 Å². The van der Waals surface area contributed by atoms with E-state index in [9.17, 15) is 0 Å². The standard InChI is InChI=1S/C15H9NO/c1-2-4-11-10(3-1)5-6-13-15(11)12-7-8-16-9-14(12)17-13/h1-9H. The van der Waals surface area contributed by atoms with Gasteiger partial charge in [0.2, 0.25) is 0 Å². The molecule has 0 aliphatic carbocycles. The summed E-state index contributed by atoms with van der Waals surface area (Å²) in [4.78, 5) is 4.09. The lowest BCUT2D eigenvalue weighted by Gasteiger charge is -1.98. The molecule has 80 valence electrons. The monoisotopic (exact) mass is 219 g/mol. The third-order valence-corrected chi connectivity index (χ3v) is 3.16. The second-order valence-corrected chi connectivity index (χ2v) is 4.13. The fraction of sp³-hybridized carbons (Fsp3) is 0. The number of benzene rings is 2. The van der Waals surface area contributed by atoms with Gasteiger partial charge in [-0.25, -0.2) is 0 Å². The van der Waals surface area contributed by atoms with Crippen LogP contribution in [-0.4, -0.2) is 4.98 Å². The van der Waals surface area contributed by atoms with Gasteiger partial charge in [-0.1, -0.05) is 30.3 Å². The minimum atomic E-state index is 0.846. The molecule has 0 unspecified atom stereocenters. The maximum Gasteiger partial charge on any atom is 0.153 e. The van der Waals surface area contributed by atoms with Gasteiger partial charge in [0.15, 0.2) is 5.58 Å². The van der Waals surface area contributed by atoms with Crippen molar-refractivity contribution in [2.75, 3.05) is 0 Å². The molecule has 0 radical (unpaired) electrons. The molecule has 2 aromatic heterocycles. The lowest BCUT2D eigenvalue weighted by Crippen LogP contribution is -1.73. The van der Waals surface area contributed by atoms with E-state index < -0.39 is 0 Å². The lowest BCUT2D eigenvalue weighted by molar-refractivity contribution is 0.667. The maximum atomic E-state index is 5.80. The van der Waals surface area contributed by atoms with Crippen LogP contribution in [0.15, 0.2) is 59.3 Å². The topological polar surface area (TPSA) is 26.0 Å². The Bertz CT molecular complexity index is 839. The summed E-state index contributed by atoms with van der Waals surface area (Å²) in [6, 6.07) is 14.5. The van der Waals surface area contributed by atoms with Crippen molar-refractivity contribution in [3.05, 3.63) is 54.9 Å². The summed E-state index contributed by atoms with van der Waals surface area (Å²) >= 11 is 0. The number of furan rings is 1. The molecule has 0 saturated heterocycles. The molecule has 17 heavy (non-hydrogen) atoms. The molecule has 2 nitrogen and oxygen atoms in total. The molecule has 2 heterocycles. The van der Waals surface area contributed by atoms with Gasteiger partial charge in [0, 0.05) is 17.0 Å². The van der Waals surface area contributed by atoms with E-state index in [2.05, 4.69) is 35.3 Å². The normalized spacial score (nSPS) is 11.5. The molecule has 0 amide bonds. The highest BCUT2D eigenvalue weighted by Crippen LogP contribution is 2.33. The SMILES string of the molecule is c1ccc2c(c1)ccc1oc3cnccc3c12. The first-order valence-electron chi connectivity index (χ1n) is 5.57. The van der Waals surface area contributed by atoms with Gasteiger partial charge in [-0.2, -0.15) is 0 Å². The summed E-state index contributed by atoms with van der Waals surface area (Å²) < 4.78 is 5.80. The predicted octanol–water partition coefficient (Wildman–Crippen LogP) is 4.13. The summed E-state index contributed by atoms with van der Waals surface area (Å²) in [5.74, 6) is 0. The molecule has 0 saturated carbocycles. The number of nitrogens with zero attached hydrogens (tertiary/aromatic N) is 1. The summed E-state index contributed by atoms with van der Waals surface area (Å²) in [7, 11) is 0. The van der Waals surface area contributed by atoms with Gasteiger partial charge < -0.3 is 4.42 Å². The first-order valence-corrected chi connectivity index (χ1v) is 5.57. The molecular weight excluding hydrogens is 210 g/mol. The average Bonchev–Trinajstić information content (AvgIpc) is 2.77. The number of pyridine rings is 1. The molecule has 0 spiro atoms. The molecule has 0 bridgehead atoms. The zero-order valence-corrected chi connectivity index (χ0v) is 9.05. The van der Waals surface area contributed by atoms with Gasteiger partial charge in [0.1, 0.15) is 5.58 Å². The third kappa shape index (κ3) is 1.12. The van der Waals surface area contributed by atoms with E-state index in [0.29, 0.717) is 0 Å². The highest BCUT2D eigenvalue weighted by atomic mass is 16.3. The van der Waals surface area contributed by atoms with Crippen LogP contribution in [0.3, 0.4) is 0 Å². The van der Waals surface area contributed by atoms with Gasteiger partial charge in [-0.15, -0.1) is 0 Å². The van der Waals surface area contributed by atoms with Crippen LogP contribution < -0.4 is 0 Å². The van der Waals surface area contributed by atoms with Crippen LogP contribution in [0.25, 0.3) is 32.7 Å². The molecule has 0 aliphatic rings. The first-order chi connectivity index (χ1) is 8.43. The van der Waals surface area contributed by atoms with Crippen molar-refractivity contribution >= 4 is 32.7 Å². The average molecular weight is 219 g/mol. The molecule has 4 aromatic rings. The van der Waals surface area contributed by atoms with Gasteiger partial charge in [0.05, 0.1) is 6.20 Å². The Hall–Kier alpha value is -2.35. The van der Waals surface area contributed by atoms with Crippen molar-refractivity contribution in [1.82, 2.24) is 4.98 Å². The molecule has 0 atom stereocenters. The van der Waals surface area contributed by atoms with Crippen LogP contribution in [0.5, 0.6) is 0 Å². The quantitative estimate of drug-likeness (QED) is 0.444. The molecule has 0 aliphatic heterocycles. The van der Waals surface area contributed by atoms with Crippen LogP contribution in [0.1, 0.15) is 0 Å². The first kappa shape index (κ1) is 8.76. The Morgan fingerprint density at radius 2 is 1.76 bits per heavy atom. The highest BCUT2D eigenvalue weighted by molar-refractivity contribution is 6.18. The number of hydrogen-bond acceptors (Lipinski definition) is 2. The van der Waals surface area contributed by atoms with Crippen LogP contribution in [-0.2, 0) is 0 Å². The van der Waals surface area contributed by atoms with Gasteiger partial charge in [-0.05, 0) is 22.9 Å². The van der Waals surface area contributed by atoms with Crippen molar-refractivity contribution < 1.29 is 4.42 Å². The summed E-state index contributed by atoms with van der Waals surface area (Å²) in [6.07, 6.45) is 3.57. The van der Waals surface area contributed by atoms with Crippen molar-refractivity contribution in [1.29, 1.82) is 0 Å². The Kier molecular flexibility index (Phi) is 1.59. The van der Waals surface area contributed by atoms with Crippen LogP contribution in [0.4, 0.5) is 0 Å². The smallest absolute Gasteiger partial charge is 0.153 e. The van der Waals surface area contributed by atoms with Crippen molar-refractivity contribution in [3.63, 3.8) is 0 Å². The third-order valence-electron chi connectivity index (χ3n) is 3.16. The van der Waals surface area contributed by atoms with Crippen molar-refractivity contribution in [2.24, 2.45) is 0 Å². The zero-order valence-electron chi connectivity index (χ0n) is 9.05. The van der Waals surface area contributed by atoms with Crippen molar-refractivity contribution in [2.45, 2.75) is 0 Å². The van der Waals surface area contributed by atoms with Gasteiger partial charge in [-0.3, -0.25) is 4.98 Å².